The summed E-state index contributed by atoms with van der Waals surface area (Å²) < 4.78 is 32.5. The summed E-state index contributed by atoms with van der Waals surface area (Å²) >= 11 is 0. The second kappa shape index (κ2) is 5.90. The lowest BCUT2D eigenvalue weighted by Crippen LogP contribution is -2.39. The molecule has 1 aromatic rings. The van der Waals surface area contributed by atoms with Gasteiger partial charge in [0.25, 0.3) is 0 Å². The zero-order chi connectivity index (χ0) is 13.9. The molecule has 5 nitrogen and oxygen atoms in total. The third kappa shape index (κ3) is 3.26. The Labute approximate surface area is 114 Å². The summed E-state index contributed by atoms with van der Waals surface area (Å²) in [5.41, 5.74) is 6.34. The molecule has 1 aliphatic carbocycles. The molecule has 0 spiro atoms. The van der Waals surface area contributed by atoms with Crippen LogP contribution in [0.15, 0.2) is 23.1 Å². The highest BCUT2D eigenvalue weighted by atomic mass is 32.2. The van der Waals surface area contributed by atoms with E-state index in [-0.39, 0.29) is 17.5 Å². The Hall–Kier alpha value is -1.11. The maximum Gasteiger partial charge on any atom is 0.240 e. The monoisotopic (exact) mass is 284 g/mol. The van der Waals surface area contributed by atoms with E-state index in [1.807, 2.05) is 6.92 Å². The Morgan fingerprint density at radius 1 is 1.42 bits per heavy atom. The largest absolute Gasteiger partial charge is 0.494 e. The minimum atomic E-state index is -3.45. The van der Waals surface area contributed by atoms with Crippen LogP contribution in [0.3, 0.4) is 0 Å². The maximum atomic E-state index is 12.2. The van der Waals surface area contributed by atoms with Gasteiger partial charge in [-0.3, -0.25) is 0 Å². The lowest BCUT2D eigenvalue weighted by Gasteiger charge is -2.26. The van der Waals surface area contributed by atoms with Crippen molar-refractivity contribution in [1.29, 1.82) is 0 Å². The van der Waals surface area contributed by atoms with E-state index < -0.39 is 10.0 Å². The van der Waals surface area contributed by atoms with Crippen molar-refractivity contribution >= 4 is 10.0 Å². The Kier molecular flexibility index (Phi) is 4.44. The summed E-state index contributed by atoms with van der Waals surface area (Å²) in [6.45, 7) is 2.66. The highest BCUT2D eigenvalue weighted by Crippen LogP contribution is 2.25. The van der Waals surface area contributed by atoms with Crippen LogP contribution in [0, 0.1) is 0 Å². The van der Waals surface area contributed by atoms with Crippen molar-refractivity contribution in [3.05, 3.63) is 23.8 Å². The quantitative estimate of drug-likeness (QED) is 0.826. The summed E-state index contributed by atoms with van der Waals surface area (Å²) in [6, 6.07) is 4.90. The average molecular weight is 284 g/mol. The standard InChI is InChI=1S/C13H20N2O3S/c1-2-18-13-7-6-12(8-10(13)9-14)19(16,17)15-11-4-3-5-11/h6-8,11,15H,2-5,9,14H2,1H3. The van der Waals surface area contributed by atoms with Gasteiger partial charge in [0.1, 0.15) is 5.75 Å². The summed E-state index contributed by atoms with van der Waals surface area (Å²) in [4.78, 5) is 0.253. The molecule has 1 aliphatic rings. The smallest absolute Gasteiger partial charge is 0.240 e. The van der Waals surface area contributed by atoms with E-state index in [9.17, 15) is 8.42 Å². The molecule has 6 heteroatoms. The zero-order valence-corrected chi connectivity index (χ0v) is 11.9. The van der Waals surface area contributed by atoms with Gasteiger partial charge in [-0.05, 0) is 38.0 Å². The van der Waals surface area contributed by atoms with Crippen LogP contribution in [0.4, 0.5) is 0 Å². The molecule has 0 radical (unpaired) electrons. The zero-order valence-electron chi connectivity index (χ0n) is 11.1. The van der Waals surface area contributed by atoms with Gasteiger partial charge >= 0.3 is 0 Å². The van der Waals surface area contributed by atoms with Crippen LogP contribution in [0.25, 0.3) is 0 Å². The van der Waals surface area contributed by atoms with E-state index >= 15 is 0 Å². The highest BCUT2D eigenvalue weighted by molar-refractivity contribution is 7.89. The van der Waals surface area contributed by atoms with Gasteiger partial charge in [-0.2, -0.15) is 0 Å². The minimum absolute atomic E-state index is 0.0814. The third-order valence-electron chi connectivity index (χ3n) is 3.29. The third-order valence-corrected chi connectivity index (χ3v) is 4.81. The van der Waals surface area contributed by atoms with Crippen LogP contribution in [-0.4, -0.2) is 21.1 Å². The fourth-order valence-electron chi connectivity index (χ4n) is 1.99. The fourth-order valence-corrected chi connectivity index (χ4v) is 3.35. The van der Waals surface area contributed by atoms with Gasteiger partial charge in [0.05, 0.1) is 11.5 Å². The van der Waals surface area contributed by atoms with Crippen molar-refractivity contribution in [2.75, 3.05) is 6.61 Å². The van der Waals surface area contributed by atoms with Gasteiger partial charge in [-0.1, -0.05) is 6.42 Å². The predicted molar refractivity (Wildman–Crippen MR) is 73.5 cm³/mol. The van der Waals surface area contributed by atoms with Crippen molar-refractivity contribution in [3.63, 3.8) is 0 Å². The van der Waals surface area contributed by atoms with Crippen LogP contribution in [0.1, 0.15) is 31.7 Å². The summed E-state index contributed by atoms with van der Waals surface area (Å²) in [5, 5.41) is 0. The first-order valence-electron chi connectivity index (χ1n) is 6.55. The molecule has 0 atom stereocenters. The van der Waals surface area contributed by atoms with Crippen LogP contribution >= 0.6 is 0 Å². The molecule has 0 amide bonds. The molecular weight excluding hydrogens is 264 g/mol. The molecule has 0 aliphatic heterocycles. The first kappa shape index (κ1) is 14.3. The molecule has 0 saturated heterocycles. The second-order valence-corrected chi connectivity index (χ2v) is 6.37. The van der Waals surface area contributed by atoms with Crippen LogP contribution in [0.2, 0.25) is 0 Å². The molecule has 1 saturated carbocycles. The lowest BCUT2D eigenvalue weighted by molar-refractivity contribution is 0.336. The van der Waals surface area contributed by atoms with E-state index in [4.69, 9.17) is 10.5 Å². The van der Waals surface area contributed by atoms with E-state index in [2.05, 4.69) is 4.72 Å². The van der Waals surface area contributed by atoms with Crippen molar-refractivity contribution in [2.24, 2.45) is 5.73 Å². The fraction of sp³-hybridized carbons (Fsp3) is 0.538. The molecule has 0 unspecified atom stereocenters. The van der Waals surface area contributed by atoms with E-state index in [1.165, 1.54) is 0 Å². The minimum Gasteiger partial charge on any atom is -0.494 e. The van der Waals surface area contributed by atoms with Crippen LogP contribution in [0.5, 0.6) is 5.75 Å². The number of rotatable bonds is 6. The van der Waals surface area contributed by atoms with Gasteiger partial charge in [-0.25, -0.2) is 13.1 Å². The predicted octanol–water partition coefficient (Wildman–Crippen LogP) is 1.37. The first-order chi connectivity index (χ1) is 9.06. The van der Waals surface area contributed by atoms with Gasteiger partial charge in [0.2, 0.25) is 10.0 Å². The van der Waals surface area contributed by atoms with Gasteiger partial charge in [0.15, 0.2) is 0 Å². The van der Waals surface area contributed by atoms with E-state index in [0.29, 0.717) is 17.9 Å². The van der Waals surface area contributed by atoms with Crippen molar-refractivity contribution in [3.8, 4) is 5.75 Å². The average Bonchev–Trinajstić information content (AvgIpc) is 2.35. The first-order valence-corrected chi connectivity index (χ1v) is 8.03. The Morgan fingerprint density at radius 2 is 2.16 bits per heavy atom. The van der Waals surface area contributed by atoms with Crippen molar-refractivity contribution in [2.45, 2.75) is 43.7 Å². The van der Waals surface area contributed by atoms with E-state index in [1.54, 1.807) is 18.2 Å². The lowest BCUT2D eigenvalue weighted by atomic mass is 9.94. The molecule has 0 heterocycles. The Morgan fingerprint density at radius 3 is 2.68 bits per heavy atom. The summed E-state index contributed by atoms with van der Waals surface area (Å²) in [7, 11) is -3.45. The Balaban J connectivity index is 2.23. The van der Waals surface area contributed by atoms with Gasteiger partial charge in [-0.15, -0.1) is 0 Å². The van der Waals surface area contributed by atoms with Crippen molar-refractivity contribution in [1.82, 2.24) is 4.72 Å². The highest BCUT2D eigenvalue weighted by Gasteiger charge is 2.25. The number of hydrogen-bond acceptors (Lipinski definition) is 4. The molecule has 0 aromatic heterocycles. The SMILES string of the molecule is CCOc1ccc(S(=O)(=O)NC2CCC2)cc1CN. The molecule has 106 valence electrons. The molecule has 2 rings (SSSR count). The van der Waals surface area contributed by atoms with Gasteiger partial charge in [0, 0.05) is 18.2 Å². The molecular formula is C13H20N2O3S. The topological polar surface area (TPSA) is 81.4 Å². The van der Waals surface area contributed by atoms with Crippen LogP contribution < -0.4 is 15.2 Å². The van der Waals surface area contributed by atoms with Crippen molar-refractivity contribution < 1.29 is 13.2 Å². The molecule has 1 fully saturated rings. The normalized spacial score (nSPS) is 16.1. The number of nitrogens with two attached hydrogens (primary N) is 1. The molecule has 1 aromatic carbocycles. The number of benzene rings is 1. The summed E-state index contributed by atoms with van der Waals surface area (Å²) in [6.07, 6.45) is 2.92. The van der Waals surface area contributed by atoms with Crippen LogP contribution in [-0.2, 0) is 16.6 Å². The maximum absolute atomic E-state index is 12.2. The summed E-state index contributed by atoms with van der Waals surface area (Å²) in [5.74, 6) is 0.646. The number of hydrogen-bond donors (Lipinski definition) is 2. The number of ether oxygens (including phenoxy) is 1. The van der Waals surface area contributed by atoms with E-state index in [0.717, 1.165) is 19.3 Å². The molecule has 19 heavy (non-hydrogen) atoms. The second-order valence-electron chi connectivity index (χ2n) is 4.66. The molecule has 3 N–H and O–H groups in total. The number of sulfonamides is 1. The number of nitrogens with one attached hydrogen (secondary N) is 1. The molecule has 0 bridgehead atoms. The Bertz CT molecular complexity index is 539. The van der Waals surface area contributed by atoms with Gasteiger partial charge < -0.3 is 10.5 Å².